The SMILES string of the molecule is COc1ccc(C=CCBr)cc1CCl. The molecular formula is C11H12BrClO. The number of alkyl halides is 2. The first-order chi connectivity index (χ1) is 6.81. The summed E-state index contributed by atoms with van der Waals surface area (Å²) in [5.74, 6) is 1.31. The molecule has 0 heterocycles. The predicted molar refractivity (Wildman–Crippen MR) is 65.4 cm³/mol. The standard InChI is InChI=1S/C11H12BrClO/c1-14-11-5-4-9(3-2-6-12)7-10(11)8-13/h2-5,7H,6,8H2,1H3. The van der Waals surface area contributed by atoms with Gasteiger partial charge in [-0.25, -0.2) is 0 Å². The van der Waals surface area contributed by atoms with Crippen molar-refractivity contribution in [3.8, 4) is 5.75 Å². The number of rotatable bonds is 4. The predicted octanol–water partition coefficient (Wildman–Crippen LogP) is 3.84. The Labute approximate surface area is 97.9 Å². The minimum atomic E-state index is 0.471. The van der Waals surface area contributed by atoms with E-state index in [4.69, 9.17) is 16.3 Å². The van der Waals surface area contributed by atoms with E-state index in [9.17, 15) is 0 Å². The van der Waals surface area contributed by atoms with E-state index in [2.05, 4.69) is 15.9 Å². The largest absolute Gasteiger partial charge is 0.496 e. The van der Waals surface area contributed by atoms with Crippen LogP contribution in [0.3, 0.4) is 0 Å². The fourth-order valence-corrected chi connectivity index (χ4v) is 1.58. The third-order valence-electron chi connectivity index (χ3n) is 1.85. The second-order valence-electron chi connectivity index (χ2n) is 2.76. The normalized spacial score (nSPS) is 10.8. The molecular weight excluding hydrogens is 263 g/mol. The van der Waals surface area contributed by atoms with Crippen LogP contribution in [0, 0.1) is 0 Å². The molecule has 0 amide bonds. The summed E-state index contributed by atoms with van der Waals surface area (Å²) in [6, 6.07) is 5.98. The topological polar surface area (TPSA) is 9.23 Å². The molecule has 76 valence electrons. The third-order valence-corrected chi connectivity index (χ3v) is 2.51. The molecule has 0 saturated carbocycles. The monoisotopic (exact) mass is 274 g/mol. The quantitative estimate of drug-likeness (QED) is 0.759. The van der Waals surface area contributed by atoms with Crippen LogP contribution in [0.5, 0.6) is 5.75 Å². The highest BCUT2D eigenvalue weighted by molar-refractivity contribution is 9.09. The van der Waals surface area contributed by atoms with Crippen molar-refractivity contribution >= 4 is 33.6 Å². The Balaban J connectivity index is 2.95. The Bertz CT molecular complexity index is 323. The molecule has 0 fully saturated rings. The van der Waals surface area contributed by atoms with Crippen molar-refractivity contribution in [2.45, 2.75) is 5.88 Å². The Morgan fingerprint density at radius 1 is 1.50 bits per heavy atom. The van der Waals surface area contributed by atoms with Gasteiger partial charge in [0.25, 0.3) is 0 Å². The molecule has 0 bridgehead atoms. The molecule has 1 nitrogen and oxygen atoms in total. The van der Waals surface area contributed by atoms with Gasteiger partial charge in [-0.3, -0.25) is 0 Å². The van der Waals surface area contributed by atoms with Crippen LogP contribution in [0.25, 0.3) is 6.08 Å². The maximum atomic E-state index is 5.80. The summed E-state index contributed by atoms with van der Waals surface area (Å²) < 4.78 is 5.18. The molecule has 1 aromatic rings. The molecule has 0 unspecified atom stereocenters. The average Bonchev–Trinajstić information content (AvgIpc) is 2.25. The molecule has 3 heteroatoms. The zero-order valence-electron chi connectivity index (χ0n) is 7.97. The lowest BCUT2D eigenvalue weighted by atomic mass is 10.1. The highest BCUT2D eigenvalue weighted by atomic mass is 79.9. The number of benzene rings is 1. The summed E-state index contributed by atoms with van der Waals surface area (Å²) in [6.45, 7) is 0. The highest BCUT2D eigenvalue weighted by Gasteiger charge is 2.01. The molecule has 14 heavy (non-hydrogen) atoms. The van der Waals surface area contributed by atoms with Crippen LogP contribution in [-0.4, -0.2) is 12.4 Å². The van der Waals surface area contributed by atoms with Crippen molar-refractivity contribution in [2.24, 2.45) is 0 Å². The van der Waals surface area contributed by atoms with Gasteiger partial charge >= 0.3 is 0 Å². The van der Waals surface area contributed by atoms with Crippen LogP contribution in [0.2, 0.25) is 0 Å². The van der Waals surface area contributed by atoms with Gasteiger partial charge in [-0.05, 0) is 17.7 Å². The summed E-state index contributed by atoms with van der Waals surface area (Å²) in [5.41, 5.74) is 2.16. The molecule has 0 spiro atoms. The summed E-state index contributed by atoms with van der Waals surface area (Å²) in [6.07, 6.45) is 4.09. The van der Waals surface area contributed by atoms with Gasteiger partial charge in [0.15, 0.2) is 0 Å². The van der Waals surface area contributed by atoms with Crippen molar-refractivity contribution in [3.63, 3.8) is 0 Å². The summed E-state index contributed by atoms with van der Waals surface area (Å²) in [4.78, 5) is 0. The van der Waals surface area contributed by atoms with E-state index in [0.29, 0.717) is 5.88 Å². The van der Waals surface area contributed by atoms with Crippen molar-refractivity contribution < 1.29 is 4.74 Å². The number of ether oxygens (including phenoxy) is 1. The van der Waals surface area contributed by atoms with E-state index in [-0.39, 0.29) is 0 Å². The van der Waals surface area contributed by atoms with E-state index in [1.165, 1.54) is 0 Å². The maximum Gasteiger partial charge on any atom is 0.123 e. The number of methoxy groups -OCH3 is 1. The third kappa shape index (κ3) is 3.03. The van der Waals surface area contributed by atoms with Gasteiger partial charge in [-0.15, -0.1) is 11.6 Å². The van der Waals surface area contributed by atoms with Crippen molar-refractivity contribution in [1.29, 1.82) is 0 Å². The van der Waals surface area contributed by atoms with Crippen LogP contribution in [0.15, 0.2) is 24.3 Å². The first-order valence-electron chi connectivity index (χ1n) is 4.27. The van der Waals surface area contributed by atoms with Crippen molar-refractivity contribution in [2.75, 3.05) is 12.4 Å². The van der Waals surface area contributed by atoms with E-state index in [1.807, 2.05) is 30.4 Å². The molecule has 1 rings (SSSR count). The van der Waals surface area contributed by atoms with Gasteiger partial charge in [-0.1, -0.05) is 34.1 Å². The van der Waals surface area contributed by atoms with Gasteiger partial charge in [0.2, 0.25) is 0 Å². The zero-order chi connectivity index (χ0) is 10.4. The smallest absolute Gasteiger partial charge is 0.123 e. The second-order valence-corrected chi connectivity index (χ2v) is 3.68. The summed E-state index contributed by atoms with van der Waals surface area (Å²) in [7, 11) is 1.65. The van der Waals surface area contributed by atoms with Crippen LogP contribution >= 0.6 is 27.5 Å². The van der Waals surface area contributed by atoms with Crippen molar-refractivity contribution in [1.82, 2.24) is 0 Å². The molecule has 0 N–H and O–H groups in total. The van der Waals surface area contributed by atoms with Crippen molar-refractivity contribution in [3.05, 3.63) is 35.4 Å². The maximum absolute atomic E-state index is 5.80. The van der Waals surface area contributed by atoms with Gasteiger partial charge in [0, 0.05) is 10.9 Å². The molecule has 0 atom stereocenters. The number of allylic oxidation sites excluding steroid dienone is 1. The van der Waals surface area contributed by atoms with Gasteiger partial charge < -0.3 is 4.74 Å². The van der Waals surface area contributed by atoms with E-state index in [0.717, 1.165) is 22.2 Å². The molecule has 0 aliphatic rings. The number of halogens is 2. The van der Waals surface area contributed by atoms with E-state index < -0.39 is 0 Å². The highest BCUT2D eigenvalue weighted by Crippen LogP contribution is 2.22. The zero-order valence-corrected chi connectivity index (χ0v) is 10.3. The second kappa shape index (κ2) is 6.10. The summed E-state index contributed by atoms with van der Waals surface area (Å²) >= 11 is 9.14. The minimum Gasteiger partial charge on any atom is -0.496 e. The molecule has 0 radical (unpaired) electrons. The van der Waals surface area contributed by atoms with Gasteiger partial charge in [0.1, 0.15) is 5.75 Å². The lowest BCUT2D eigenvalue weighted by Crippen LogP contribution is -1.89. The van der Waals surface area contributed by atoms with E-state index in [1.54, 1.807) is 7.11 Å². The first kappa shape index (κ1) is 11.6. The first-order valence-corrected chi connectivity index (χ1v) is 5.92. The Hall–Kier alpha value is -0.470. The number of hydrogen-bond acceptors (Lipinski definition) is 1. The molecule has 1 aromatic carbocycles. The van der Waals surface area contributed by atoms with Crippen LogP contribution in [-0.2, 0) is 5.88 Å². The minimum absolute atomic E-state index is 0.471. The lowest BCUT2D eigenvalue weighted by Gasteiger charge is -2.06. The number of hydrogen-bond donors (Lipinski definition) is 0. The average molecular weight is 276 g/mol. The van der Waals surface area contributed by atoms with Crippen LogP contribution in [0.1, 0.15) is 11.1 Å². The summed E-state index contributed by atoms with van der Waals surface area (Å²) in [5, 5.41) is 0.856. The molecule has 0 aliphatic carbocycles. The molecule has 0 aromatic heterocycles. The lowest BCUT2D eigenvalue weighted by molar-refractivity contribution is 0.411. The van der Waals surface area contributed by atoms with Crippen LogP contribution in [0.4, 0.5) is 0 Å². The fourth-order valence-electron chi connectivity index (χ4n) is 1.19. The van der Waals surface area contributed by atoms with Gasteiger partial charge in [0.05, 0.1) is 13.0 Å². The van der Waals surface area contributed by atoms with Gasteiger partial charge in [-0.2, -0.15) is 0 Å². The van der Waals surface area contributed by atoms with Crippen LogP contribution < -0.4 is 4.74 Å². The fraction of sp³-hybridized carbons (Fsp3) is 0.273. The molecule has 0 aliphatic heterocycles. The Morgan fingerprint density at radius 3 is 2.86 bits per heavy atom. The Morgan fingerprint density at radius 2 is 2.29 bits per heavy atom. The molecule has 0 saturated heterocycles. The Kier molecular flexibility index (Phi) is 5.05. The van der Waals surface area contributed by atoms with E-state index >= 15 is 0 Å².